The number of Topliss-reactive ketones (excluding diaryl/α,β-unsaturated/α-hetero) is 1. The third-order valence-electron chi connectivity index (χ3n) is 10.3. The quantitative estimate of drug-likeness (QED) is 0.137. The lowest BCUT2D eigenvalue weighted by Crippen LogP contribution is -2.57. The maximum absolute atomic E-state index is 13.9. The first-order valence-corrected chi connectivity index (χ1v) is 16.5. The molecule has 2 aliphatic carbocycles. The summed E-state index contributed by atoms with van der Waals surface area (Å²) in [5.41, 5.74) is -3.05. The van der Waals surface area contributed by atoms with Gasteiger partial charge in [0.1, 0.15) is 22.8 Å². The fourth-order valence-corrected chi connectivity index (χ4v) is 7.66. The van der Waals surface area contributed by atoms with E-state index >= 15 is 0 Å². The Labute approximate surface area is 303 Å². The van der Waals surface area contributed by atoms with Crippen molar-refractivity contribution in [1.82, 2.24) is 5.32 Å². The Morgan fingerprint density at radius 3 is 2.35 bits per heavy atom. The fourth-order valence-electron chi connectivity index (χ4n) is 7.66. The normalized spacial score (nSPS) is 28.1. The summed E-state index contributed by atoms with van der Waals surface area (Å²) in [6.07, 6.45) is -5.71. The van der Waals surface area contributed by atoms with Crippen molar-refractivity contribution >= 4 is 47.3 Å². The van der Waals surface area contributed by atoms with E-state index in [1.54, 1.807) is 37.3 Å². The highest BCUT2D eigenvalue weighted by molar-refractivity contribution is 6.31. The molecule has 52 heavy (non-hydrogen) atoms. The number of aliphatic hydroxyl groups is 2. The number of ether oxygens (including phenoxy) is 3. The van der Waals surface area contributed by atoms with Crippen LogP contribution in [-0.4, -0.2) is 92.9 Å². The number of nitrogens with zero attached hydrogens (tertiary/aromatic N) is 1. The first-order chi connectivity index (χ1) is 24.2. The Bertz CT molecular complexity index is 2000. The first kappa shape index (κ1) is 37.1. The molecule has 2 fully saturated rings. The van der Waals surface area contributed by atoms with Crippen LogP contribution in [0.4, 0.5) is 5.69 Å². The standard InChI is InChI=1S/C37H36N2O12.ClH/c1-16-31(42)21(38-22-12-25(41)39(36(22)47)18-8-5-4-6-9-18)13-26(50-16)51-24-15-37(48,17(2)40)14-20-28(24)35(46)30-29(33(20)44)32(43)19-10-7-11-23(49-3)27(19)34(30)45;/h4-11,16,21-22,24,26,31,38,42,44,46,48H,12-15H2,1-3H3;1H. The predicted molar refractivity (Wildman–Crippen MR) is 184 cm³/mol. The van der Waals surface area contributed by atoms with Crippen molar-refractivity contribution in [2.24, 2.45) is 0 Å². The van der Waals surface area contributed by atoms with E-state index in [-0.39, 0.29) is 53.3 Å². The van der Waals surface area contributed by atoms with Gasteiger partial charge < -0.3 is 34.6 Å². The molecular formula is C37H37ClN2O12. The third-order valence-corrected chi connectivity index (χ3v) is 10.3. The Balaban J connectivity index is 0.00000464. The molecule has 3 aromatic carbocycles. The molecule has 7 unspecified atom stereocenters. The number of methoxy groups -OCH3 is 1. The lowest BCUT2D eigenvalue weighted by atomic mass is 9.72. The van der Waals surface area contributed by atoms with Crippen molar-refractivity contribution in [3.8, 4) is 17.2 Å². The molecule has 2 saturated heterocycles. The van der Waals surface area contributed by atoms with Crippen LogP contribution in [0.5, 0.6) is 17.2 Å². The van der Waals surface area contributed by atoms with E-state index in [1.165, 1.54) is 25.3 Å². The summed E-state index contributed by atoms with van der Waals surface area (Å²) in [7, 11) is 1.32. The van der Waals surface area contributed by atoms with E-state index < -0.39 is 107 Å². The number of amides is 2. The third kappa shape index (κ3) is 5.85. The smallest absolute Gasteiger partial charge is 0.251 e. The molecule has 0 spiro atoms. The number of carbonyl (C=O) groups excluding carboxylic acids is 5. The number of imide groups is 1. The van der Waals surface area contributed by atoms with Crippen LogP contribution in [0.3, 0.4) is 0 Å². The summed E-state index contributed by atoms with van der Waals surface area (Å²) in [5, 5.41) is 49.0. The number of phenolic OH excluding ortho intramolecular Hbond substituents is 2. The summed E-state index contributed by atoms with van der Waals surface area (Å²) >= 11 is 0. The van der Waals surface area contributed by atoms with Crippen LogP contribution in [0, 0.1) is 0 Å². The molecule has 15 heteroatoms. The SMILES string of the molecule is COc1cccc2c1C(=O)c1c(O)c3c(c(O)c1C2=O)CC(O)(C(C)=O)CC3OC1CC(NC2CC(=O)N(c3ccccc3)C2=O)C(O)C(C)O1.Cl. The van der Waals surface area contributed by atoms with Crippen molar-refractivity contribution in [2.45, 2.75) is 81.8 Å². The van der Waals surface area contributed by atoms with Crippen molar-refractivity contribution in [3.05, 3.63) is 81.9 Å². The Morgan fingerprint density at radius 1 is 0.981 bits per heavy atom. The van der Waals surface area contributed by atoms with Crippen molar-refractivity contribution < 1.29 is 58.6 Å². The molecule has 7 atom stereocenters. The number of rotatable bonds is 7. The molecule has 7 rings (SSSR count). The number of ketones is 3. The number of halogens is 1. The van der Waals surface area contributed by atoms with E-state index in [4.69, 9.17) is 14.2 Å². The predicted octanol–water partition coefficient (Wildman–Crippen LogP) is 2.41. The zero-order chi connectivity index (χ0) is 36.5. The molecular weight excluding hydrogens is 700 g/mol. The van der Waals surface area contributed by atoms with Gasteiger partial charge in [-0.3, -0.25) is 29.3 Å². The summed E-state index contributed by atoms with van der Waals surface area (Å²) in [6, 6.07) is 11.0. The van der Waals surface area contributed by atoms with E-state index in [2.05, 4.69) is 5.32 Å². The number of phenols is 2. The second kappa shape index (κ2) is 13.7. The van der Waals surface area contributed by atoms with Crippen LogP contribution in [0.25, 0.3) is 0 Å². The molecule has 2 amide bonds. The van der Waals surface area contributed by atoms with Crippen LogP contribution in [-0.2, 0) is 30.3 Å². The number of hydrogen-bond acceptors (Lipinski definition) is 13. The largest absolute Gasteiger partial charge is 0.507 e. The zero-order valence-electron chi connectivity index (χ0n) is 28.3. The number of nitrogens with one attached hydrogen (secondary N) is 1. The average molecular weight is 737 g/mol. The number of anilines is 1. The highest BCUT2D eigenvalue weighted by atomic mass is 35.5. The maximum Gasteiger partial charge on any atom is 0.251 e. The molecule has 2 aliphatic heterocycles. The lowest BCUT2D eigenvalue weighted by molar-refractivity contribution is -0.250. The molecule has 0 saturated carbocycles. The summed E-state index contributed by atoms with van der Waals surface area (Å²) < 4.78 is 17.6. The van der Waals surface area contributed by atoms with Gasteiger partial charge in [-0.05, 0) is 32.0 Å². The highest BCUT2D eigenvalue weighted by Crippen LogP contribution is 2.52. The minimum atomic E-state index is -2.10. The lowest BCUT2D eigenvalue weighted by Gasteiger charge is -2.43. The van der Waals surface area contributed by atoms with Gasteiger partial charge in [0, 0.05) is 42.0 Å². The van der Waals surface area contributed by atoms with Crippen molar-refractivity contribution in [1.29, 1.82) is 0 Å². The first-order valence-electron chi connectivity index (χ1n) is 16.5. The minimum absolute atomic E-state index is 0. The highest BCUT2D eigenvalue weighted by Gasteiger charge is 2.50. The molecule has 274 valence electrons. The Morgan fingerprint density at radius 2 is 1.67 bits per heavy atom. The van der Waals surface area contributed by atoms with Gasteiger partial charge in [-0.15, -0.1) is 12.4 Å². The maximum atomic E-state index is 13.9. The van der Waals surface area contributed by atoms with Gasteiger partial charge >= 0.3 is 0 Å². The minimum Gasteiger partial charge on any atom is -0.507 e. The molecule has 4 aliphatic rings. The van der Waals surface area contributed by atoms with Crippen LogP contribution in [0.15, 0.2) is 48.5 Å². The van der Waals surface area contributed by atoms with E-state index in [0.29, 0.717) is 5.69 Å². The fraction of sp³-hybridized carbons (Fsp3) is 0.378. The van der Waals surface area contributed by atoms with Crippen LogP contribution < -0.4 is 15.0 Å². The number of benzene rings is 3. The van der Waals surface area contributed by atoms with Gasteiger partial charge in [-0.2, -0.15) is 0 Å². The second-order valence-corrected chi connectivity index (χ2v) is 13.4. The van der Waals surface area contributed by atoms with Gasteiger partial charge in [-0.1, -0.05) is 30.3 Å². The molecule has 0 radical (unpaired) electrons. The Kier molecular flexibility index (Phi) is 9.76. The number of aliphatic hydroxyl groups excluding tert-OH is 1. The number of aromatic hydroxyl groups is 2. The average Bonchev–Trinajstić information content (AvgIpc) is 3.38. The number of hydrogen-bond donors (Lipinski definition) is 5. The van der Waals surface area contributed by atoms with Crippen LogP contribution in [0.1, 0.15) is 82.2 Å². The number of para-hydroxylation sites is 1. The summed E-state index contributed by atoms with van der Waals surface area (Å²) in [5.74, 6) is -4.39. The van der Waals surface area contributed by atoms with Gasteiger partial charge in [0.2, 0.25) is 11.7 Å². The number of fused-ring (bicyclic) bond motifs is 3. The van der Waals surface area contributed by atoms with E-state index in [0.717, 1.165) is 11.8 Å². The zero-order valence-corrected chi connectivity index (χ0v) is 29.1. The Hall–Kier alpha value is -4.70. The topological polar surface area (TPSA) is 209 Å². The summed E-state index contributed by atoms with van der Waals surface area (Å²) in [6.45, 7) is 2.73. The van der Waals surface area contributed by atoms with Gasteiger partial charge in [0.05, 0.1) is 60.3 Å². The number of carbonyl (C=O) groups is 5. The van der Waals surface area contributed by atoms with Crippen molar-refractivity contribution in [2.75, 3.05) is 12.0 Å². The van der Waals surface area contributed by atoms with E-state index in [9.17, 15) is 44.4 Å². The monoisotopic (exact) mass is 736 g/mol. The molecule has 14 nitrogen and oxygen atoms in total. The second-order valence-electron chi connectivity index (χ2n) is 13.4. The van der Waals surface area contributed by atoms with Gasteiger partial charge in [0.25, 0.3) is 5.91 Å². The van der Waals surface area contributed by atoms with Gasteiger partial charge in [0.15, 0.2) is 17.9 Å². The summed E-state index contributed by atoms with van der Waals surface area (Å²) in [4.78, 5) is 67.7. The van der Waals surface area contributed by atoms with Crippen LogP contribution in [0.2, 0.25) is 0 Å². The van der Waals surface area contributed by atoms with Crippen LogP contribution >= 0.6 is 12.4 Å². The molecule has 3 aromatic rings. The van der Waals surface area contributed by atoms with Gasteiger partial charge in [-0.25, -0.2) is 4.90 Å². The van der Waals surface area contributed by atoms with Crippen molar-refractivity contribution in [3.63, 3.8) is 0 Å². The van der Waals surface area contributed by atoms with E-state index in [1.807, 2.05) is 0 Å². The molecule has 2 heterocycles. The molecule has 5 N–H and O–H groups in total. The molecule has 0 bridgehead atoms. The molecule has 0 aromatic heterocycles.